The largest absolute Gasteiger partial charge is 0.256 e. The molecule has 0 saturated heterocycles. The average molecular weight is 434 g/mol. The van der Waals surface area contributed by atoms with E-state index in [1.807, 2.05) is 18.3 Å². The van der Waals surface area contributed by atoms with Gasteiger partial charge in [0.25, 0.3) is 0 Å². The van der Waals surface area contributed by atoms with Crippen LogP contribution in [0.2, 0.25) is 0 Å². The van der Waals surface area contributed by atoms with Crippen molar-refractivity contribution in [1.29, 1.82) is 0 Å². The minimum atomic E-state index is 1.01. The van der Waals surface area contributed by atoms with Gasteiger partial charge in [-0.25, -0.2) is 0 Å². The first-order valence-electron chi connectivity index (χ1n) is 12.5. The van der Waals surface area contributed by atoms with E-state index in [1.54, 1.807) is 0 Å². The van der Waals surface area contributed by atoms with Crippen molar-refractivity contribution in [2.24, 2.45) is 0 Å². The molecule has 0 aliphatic carbocycles. The Morgan fingerprint density at radius 1 is 0.576 bits per heavy atom. The summed E-state index contributed by atoms with van der Waals surface area (Å²) in [4.78, 5) is 4.47. The topological polar surface area (TPSA) is 12.9 Å². The zero-order chi connectivity index (χ0) is 22.9. The molecule has 0 unspecified atom stereocenters. The summed E-state index contributed by atoms with van der Waals surface area (Å²) in [5.41, 5.74) is 10.4. The SMILES string of the molecule is CCCCCCCc1ccccc1-c1ccc(-c2ccc(-c3ccccn3)cc2)cc1CC. The van der Waals surface area contributed by atoms with Crippen LogP contribution < -0.4 is 0 Å². The number of aryl methyl sites for hydroxylation is 2. The fraction of sp³-hybridized carbons (Fsp3) is 0.281. The van der Waals surface area contributed by atoms with Crippen LogP contribution in [-0.4, -0.2) is 4.98 Å². The zero-order valence-corrected chi connectivity index (χ0v) is 20.1. The highest BCUT2D eigenvalue weighted by atomic mass is 14.7. The van der Waals surface area contributed by atoms with Crippen molar-refractivity contribution in [2.75, 3.05) is 0 Å². The highest BCUT2D eigenvalue weighted by Crippen LogP contribution is 2.33. The summed E-state index contributed by atoms with van der Waals surface area (Å²) < 4.78 is 0. The van der Waals surface area contributed by atoms with Gasteiger partial charge in [0.15, 0.2) is 0 Å². The molecule has 0 N–H and O–H groups in total. The fourth-order valence-electron chi connectivity index (χ4n) is 4.62. The van der Waals surface area contributed by atoms with Crippen LogP contribution in [0.3, 0.4) is 0 Å². The normalized spacial score (nSPS) is 11.0. The Balaban J connectivity index is 1.57. The molecule has 168 valence electrons. The van der Waals surface area contributed by atoms with Crippen LogP contribution in [0.5, 0.6) is 0 Å². The van der Waals surface area contributed by atoms with E-state index >= 15 is 0 Å². The van der Waals surface area contributed by atoms with Crippen LogP contribution >= 0.6 is 0 Å². The lowest BCUT2D eigenvalue weighted by Gasteiger charge is -2.15. The Bertz CT molecular complexity index is 1140. The summed E-state index contributed by atoms with van der Waals surface area (Å²) in [6.45, 7) is 4.54. The second-order valence-corrected chi connectivity index (χ2v) is 8.84. The maximum Gasteiger partial charge on any atom is 0.0701 e. The van der Waals surface area contributed by atoms with Crippen LogP contribution in [0.25, 0.3) is 33.5 Å². The first-order chi connectivity index (χ1) is 16.3. The van der Waals surface area contributed by atoms with Crippen molar-refractivity contribution in [3.05, 3.63) is 102 Å². The molecule has 0 atom stereocenters. The van der Waals surface area contributed by atoms with Gasteiger partial charge in [-0.05, 0) is 64.8 Å². The molecule has 0 saturated carbocycles. The molecule has 0 aliphatic heterocycles. The number of rotatable bonds is 10. The maximum absolute atomic E-state index is 4.47. The predicted molar refractivity (Wildman–Crippen MR) is 142 cm³/mol. The third-order valence-electron chi connectivity index (χ3n) is 6.52. The zero-order valence-electron chi connectivity index (χ0n) is 20.1. The molecule has 33 heavy (non-hydrogen) atoms. The Morgan fingerprint density at radius 2 is 1.27 bits per heavy atom. The highest BCUT2D eigenvalue weighted by Gasteiger charge is 2.11. The Hall–Kier alpha value is -3.19. The molecule has 0 aliphatic rings. The number of pyridine rings is 1. The molecule has 0 amide bonds. The van der Waals surface area contributed by atoms with Crippen LogP contribution in [-0.2, 0) is 12.8 Å². The minimum absolute atomic E-state index is 1.01. The molecule has 4 rings (SSSR count). The molecule has 3 aromatic carbocycles. The predicted octanol–water partition coefficient (Wildman–Crippen LogP) is 9.16. The second-order valence-electron chi connectivity index (χ2n) is 8.84. The van der Waals surface area contributed by atoms with Crippen molar-refractivity contribution in [1.82, 2.24) is 4.98 Å². The first kappa shape index (κ1) is 23.0. The van der Waals surface area contributed by atoms with Crippen molar-refractivity contribution >= 4 is 0 Å². The second kappa shape index (κ2) is 11.6. The van der Waals surface area contributed by atoms with Crippen molar-refractivity contribution in [3.8, 4) is 33.5 Å². The number of nitrogens with zero attached hydrogens (tertiary/aromatic N) is 1. The van der Waals surface area contributed by atoms with E-state index in [4.69, 9.17) is 0 Å². The van der Waals surface area contributed by atoms with Gasteiger partial charge < -0.3 is 0 Å². The maximum atomic E-state index is 4.47. The van der Waals surface area contributed by atoms with Crippen molar-refractivity contribution < 1.29 is 0 Å². The van der Waals surface area contributed by atoms with E-state index in [-0.39, 0.29) is 0 Å². The summed E-state index contributed by atoms with van der Waals surface area (Å²) in [5.74, 6) is 0. The van der Waals surface area contributed by atoms with Gasteiger partial charge in [-0.2, -0.15) is 0 Å². The van der Waals surface area contributed by atoms with Gasteiger partial charge in [-0.15, -0.1) is 0 Å². The van der Waals surface area contributed by atoms with E-state index < -0.39 is 0 Å². The molecule has 0 bridgehead atoms. The Kier molecular flexibility index (Phi) is 8.09. The van der Waals surface area contributed by atoms with Gasteiger partial charge in [0, 0.05) is 11.8 Å². The number of benzene rings is 3. The summed E-state index contributed by atoms with van der Waals surface area (Å²) in [6.07, 6.45) is 10.7. The number of unbranched alkanes of at least 4 members (excludes halogenated alkanes) is 4. The Morgan fingerprint density at radius 3 is 2.03 bits per heavy atom. The van der Waals surface area contributed by atoms with Crippen molar-refractivity contribution in [3.63, 3.8) is 0 Å². The molecule has 1 heterocycles. The number of aromatic nitrogens is 1. The molecular formula is C32H35N. The van der Waals surface area contributed by atoms with E-state index in [1.165, 1.54) is 71.9 Å². The van der Waals surface area contributed by atoms with Gasteiger partial charge in [-0.1, -0.05) is 112 Å². The fourth-order valence-corrected chi connectivity index (χ4v) is 4.62. The lowest BCUT2D eigenvalue weighted by molar-refractivity contribution is 0.632. The third-order valence-corrected chi connectivity index (χ3v) is 6.52. The van der Waals surface area contributed by atoms with E-state index in [0.29, 0.717) is 0 Å². The summed E-state index contributed by atoms with van der Waals surface area (Å²) in [7, 11) is 0. The lowest BCUT2D eigenvalue weighted by Crippen LogP contribution is -1.95. The molecule has 0 spiro atoms. The molecule has 1 nitrogen and oxygen atoms in total. The van der Waals surface area contributed by atoms with E-state index in [9.17, 15) is 0 Å². The summed E-state index contributed by atoms with van der Waals surface area (Å²) in [5, 5.41) is 0. The van der Waals surface area contributed by atoms with Gasteiger partial charge in [-0.3, -0.25) is 4.98 Å². The summed E-state index contributed by atoms with van der Waals surface area (Å²) >= 11 is 0. The van der Waals surface area contributed by atoms with Crippen LogP contribution in [0.15, 0.2) is 91.1 Å². The standard InChI is InChI=1S/C32H35N/c1-3-5-6-7-8-13-27-14-9-10-15-30(27)31-22-21-29(24-25(31)4-2)26-17-19-28(20-18-26)32-16-11-12-23-33-32/h9-12,14-24H,3-8,13H2,1-2H3. The van der Waals surface area contributed by atoms with E-state index in [2.05, 4.69) is 91.6 Å². The van der Waals surface area contributed by atoms with E-state index in [0.717, 1.165) is 17.7 Å². The van der Waals surface area contributed by atoms with Gasteiger partial charge >= 0.3 is 0 Å². The molecule has 0 fully saturated rings. The Labute approximate surface area is 199 Å². The van der Waals surface area contributed by atoms with Crippen LogP contribution in [0.1, 0.15) is 57.1 Å². The minimum Gasteiger partial charge on any atom is -0.256 e. The van der Waals surface area contributed by atoms with Crippen molar-refractivity contribution in [2.45, 2.75) is 58.8 Å². The lowest BCUT2D eigenvalue weighted by atomic mass is 9.89. The average Bonchev–Trinajstić information content (AvgIpc) is 2.89. The molecule has 1 heteroatoms. The first-order valence-corrected chi connectivity index (χ1v) is 12.5. The van der Waals surface area contributed by atoms with Gasteiger partial charge in [0.05, 0.1) is 5.69 Å². The smallest absolute Gasteiger partial charge is 0.0701 e. The molecule has 0 radical (unpaired) electrons. The molecule has 4 aromatic rings. The summed E-state index contributed by atoms with van der Waals surface area (Å²) in [6, 6.07) is 30.8. The number of hydrogen-bond donors (Lipinski definition) is 0. The quantitative estimate of drug-likeness (QED) is 0.227. The molecular weight excluding hydrogens is 398 g/mol. The highest BCUT2D eigenvalue weighted by molar-refractivity contribution is 5.76. The molecule has 1 aromatic heterocycles. The van der Waals surface area contributed by atoms with Crippen LogP contribution in [0, 0.1) is 0 Å². The van der Waals surface area contributed by atoms with Gasteiger partial charge in [0.1, 0.15) is 0 Å². The van der Waals surface area contributed by atoms with Crippen LogP contribution in [0.4, 0.5) is 0 Å². The third kappa shape index (κ3) is 5.79. The monoisotopic (exact) mass is 433 g/mol. The number of hydrogen-bond acceptors (Lipinski definition) is 1. The van der Waals surface area contributed by atoms with Gasteiger partial charge in [0.2, 0.25) is 0 Å².